The molecule has 106 valence electrons. The van der Waals surface area contributed by atoms with Crippen molar-refractivity contribution in [3.05, 3.63) is 65.3 Å². The summed E-state index contributed by atoms with van der Waals surface area (Å²) in [5.74, 6) is 0.0232. The quantitative estimate of drug-likeness (QED) is 0.747. The Balaban J connectivity index is 1.62. The first-order valence-electron chi connectivity index (χ1n) is 6.82. The maximum absolute atomic E-state index is 12.0. The number of rotatable bonds is 4. The van der Waals surface area contributed by atoms with Crippen LogP contribution in [0.3, 0.4) is 0 Å². The van der Waals surface area contributed by atoms with Gasteiger partial charge in [-0.25, -0.2) is 0 Å². The average Bonchev–Trinajstić information content (AvgIpc) is 2.91. The number of para-hydroxylation sites is 1. The van der Waals surface area contributed by atoms with Gasteiger partial charge in [-0.1, -0.05) is 34.1 Å². The Kier molecular flexibility index (Phi) is 4.06. The number of carbonyl (C=O) groups is 1. The number of fused-ring (bicyclic) bond motifs is 1. The molecule has 0 saturated carbocycles. The van der Waals surface area contributed by atoms with Gasteiger partial charge in [-0.2, -0.15) is 0 Å². The summed E-state index contributed by atoms with van der Waals surface area (Å²) < 4.78 is 3.11. The predicted octanol–water partition coefficient (Wildman–Crippen LogP) is 4.43. The van der Waals surface area contributed by atoms with Gasteiger partial charge in [-0.15, -0.1) is 0 Å². The van der Waals surface area contributed by atoms with Gasteiger partial charge in [0.25, 0.3) is 0 Å². The Bertz CT molecular complexity index is 762. The first-order valence-corrected chi connectivity index (χ1v) is 7.61. The second-order valence-electron chi connectivity index (χ2n) is 4.87. The molecule has 21 heavy (non-hydrogen) atoms. The largest absolute Gasteiger partial charge is 0.347 e. The van der Waals surface area contributed by atoms with Gasteiger partial charge in [-0.05, 0) is 41.8 Å². The molecule has 2 aromatic carbocycles. The molecule has 0 aliphatic heterocycles. The van der Waals surface area contributed by atoms with Crippen LogP contribution in [0.2, 0.25) is 0 Å². The van der Waals surface area contributed by atoms with E-state index in [0.29, 0.717) is 13.0 Å². The highest BCUT2D eigenvalue weighted by molar-refractivity contribution is 9.10. The van der Waals surface area contributed by atoms with Crippen LogP contribution in [0.25, 0.3) is 10.9 Å². The lowest BCUT2D eigenvalue weighted by atomic mass is 10.2. The standard InChI is InChI=1S/C17H15BrN2O/c18-14-5-7-15(8-6-14)19-17(21)10-12-20-11-9-13-3-1-2-4-16(13)20/h1-9,11H,10,12H2,(H,19,21). The predicted molar refractivity (Wildman–Crippen MR) is 89.3 cm³/mol. The second-order valence-corrected chi connectivity index (χ2v) is 5.79. The molecule has 0 fully saturated rings. The van der Waals surface area contributed by atoms with E-state index in [1.807, 2.05) is 42.6 Å². The number of aryl methyl sites for hydroxylation is 1. The van der Waals surface area contributed by atoms with Gasteiger partial charge in [0.1, 0.15) is 0 Å². The van der Waals surface area contributed by atoms with Crippen LogP contribution in [0.1, 0.15) is 6.42 Å². The Morgan fingerprint density at radius 1 is 1.05 bits per heavy atom. The third kappa shape index (κ3) is 3.34. The molecule has 1 amide bonds. The molecule has 1 heterocycles. The SMILES string of the molecule is O=C(CCn1ccc2ccccc21)Nc1ccc(Br)cc1. The van der Waals surface area contributed by atoms with E-state index in [1.54, 1.807) is 0 Å². The summed E-state index contributed by atoms with van der Waals surface area (Å²) in [5, 5.41) is 4.11. The highest BCUT2D eigenvalue weighted by Crippen LogP contribution is 2.16. The lowest BCUT2D eigenvalue weighted by Crippen LogP contribution is -2.14. The van der Waals surface area contributed by atoms with Crippen LogP contribution in [0.15, 0.2) is 65.3 Å². The number of hydrogen-bond acceptors (Lipinski definition) is 1. The average molecular weight is 343 g/mol. The summed E-state index contributed by atoms with van der Waals surface area (Å²) in [7, 11) is 0. The van der Waals surface area contributed by atoms with Crippen molar-refractivity contribution in [1.29, 1.82) is 0 Å². The van der Waals surface area contributed by atoms with E-state index in [2.05, 4.69) is 44.0 Å². The number of carbonyl (C=O) groups excluding carboxylic acids is 1. The van der Waals surface area contributed by atoms with Crippen LogP contribution >= 0.6 is 15.9 Å². The van der Waals surface area contributed by atoms with Crippen molar-refractivity contribution in [2.24, 2.45) is 0 Å². The third-order valence-electron chi connectivity index (χ3n) is 3.39. The number of hydrogen-bond donors (Lipinski definition) is 1. The van der Waals surface area contributed by atoms with Crippen LogP contribution < -0.4 is 5.32 Å². The molecule has 3 aromatic rings. The Hall–Kier alpha value is -2.07. The van der Waals surface area contributed by atoms with E-state index in [9.17, 15) is 4.79 Å². The lowest BCUT2D eigenvalue weighted by Gasteiger charge is -2.07. The summed E-state index contributed by atoms with van der Waals surface area (Å²) in [4.78, 5) is 12.0. The Morgan fingerprint density at radius 3 is 2.62 bits per heavy atom. The van der Waals surface area contributed by atoms with E-state index >= 15 is 0 Å². The normalized spacial score (nSPS) is 10.7. The molecule has 0 aliphatic rings. The Labute approximate surface area is 131 Å². The van der Waals surface area contributed by atoms with Gasteiger partial charge < -0.3 is 9.88 Å². The molecule has 0 atom stereocenters. The summed E-state index contributed by atoms with van der Waals surface area (Å²) in [6, 6.07) is 17.8. The first kappa shape index (κ1) is 13.9. The van der Waals surface area contributed by atoms with Crippen molar-refractivity contribution in [3.8, 4) is 0 Å². The number of halogens is 1. The molecule has 0 radical (unpaired) electrons. The number of nitrogens with one attached hydrogen (secondary N) is 1. The maximum atomic E-state index is 12.0. The molecule has 0 saturated heterocycles. The van der Waals surface area contributed by atoms with Gasteiger partial charge in [0.15, 0.2) is 0 Å². The molecule has 1 aromatic heterocycles. The molecule has 3 rings (SSSR count). The lowest BCUT2D eigenvalue weighted by molar-refractivity contribution is -0.116. The molecule has 0 unspecified atom stereocenters. The molecule has 4 heteroatoms. The van der Waals surface area contributed by atoms with Crippen LogP contribution in [0.4, 0.5) is 5.69 Å². The molecule has 0 aliphatic carbocycles. The van der Waals surface area contributed by atoms with Crippen LogP contribution in [0, 0.1) is 0 Å². The molecule has 3 nitrogen and oxygen atoms in total. The van der Waals surface area contributed by atoms with Crippen molar-refractivity contribution < 1.29 is 4.79 Å². The van der Waals surface area contributed by atoms with Gasteiger partial charge in [0.2, 0.25) is 5.91 Å². The second kappa shape index (κ2) is 6.14. The van der Waals surface area contributed by atoms with Crippen LogP contribution in [0.5, 0.6) is 0 Å². The zero-order valence-electron chi connectivity index (χ0n) is 11.4. The number of amides is 1. The van der Waals surface area contributed by atoms with Crippen molar-refractivity contribution in [1.82, 2.24) is 4.57 Å². The highest BCUT2D eigenvalue weighted by atomic mass is 79.9. The Morgan fingerprint density at radius 2 is 1.81 bits per heavy atom. The van der Waals surface area contributed by atoms with E-state index in [-0.39, 0.29) is 5.91 Å². The fourth-order valence-electron chi connectivity index (χ4n) is 2.31. The van der Waals surface area contributed by atoms with Crippen molar-refractivity contribution in [3.63, 3.8) is 0 Å². The number of benzene rings is 2. The molecule has 0 spiro atoms. The van der Waals surface area contributed by atoms with Crippen molar-refractivity contribution >= 4 is 38.4 Å². The fourth-order valence-corrected chi connectivity index (χ4v) is 2.58. The van der Waals surface area contributed by atoms with Gasteiger partial charge in [-0.3, -0.25) is 4.79 Å². The highest BCUT2D eigenvalue weighted by Gasteiger charge is 2.05. The number of anilines is 1. The third-order valence-corrected chi connectivity index (χ3v) is 3.92. The van der Waals surface area contributed by atoms with Gasteiger partial charge >= 0.3 is 0 Å². The molecular formula is C17H15BrN2O. The first-order chi connectivity index (χ1) is 10.2. The minimum absolute atomic E-state index is 0.0232. The number of aromatic nitrogens is 1. The maximum Gasteiger partial charge on any atom is 0.226 e. The minimum Gasteiger partial charge on any atom is -0.347 e. The minimum atomic E-state index is 0.0232. The topological polar surface area (TPSA) is 34.0 Å². The summed E-state index contributed by atoms with van der Waals surface area (Å²) >= 11 is 3.38. The summed E-state index contributed by atoms with van der Waals surface area (Å²) in [6.07, 6.45) is 2.48. The zero-order valence-corrected chi connectivity index (χ0v) is 13.0. The zero-order chi connectivity index (χ0) is 14.7. The van der Waals surface area contributed by atoms with Gasteiger partial charge in [0.05, 0.1) is 0 Å². The monoisotopic (exact) mass is 342 g/mol. The number of nitrogens with zero attached hydrogens (tertiary/aromatic N) is 1. The van der Waals surface area contributed by atoms with Gasteiger partial charge in [0, 0.05) is 34.8 Å². The van der Waals surface area contributed by atoms with Crippen LogP contribution in [-0.2, 0) is 11.3 Å². The molecule has 1 N–H and O–H groups in total. The van der Waals surface area contributed by atoms with E-state index in [0.717, 1.165) is 15.7 Å². The van der Waals surface area contributed by atoms with Crippen LogP contribution in [-0.4, -0.2) is 10.5 Å². The smallest absolute Gasteiger partial charge is 0.226 e. The van der Waals surface area contributed by atoms with E-state index < -0.39 is 0 Å². The van der Waals surface area contributed by atoms with Crippen molar-refractivity contribution in [2.45, 2.75) is 13.0 Å². The summed E-state index contributed by atoms with van der Waals surface area (Å²) in [6.45, 7) is 0.676. The van der Waals surface area contributed by atoms with E-state index in [4.69, 9.17) is 0 Å². The van der Waals surface area contributed by atoms with E-state index in [1.165, 1.54) is 5.39 Å². The molecular weight excluding hydrogens is 328 g/mol. The summed E-state index contributed by atoms with van der Waals surface area (Å²) in [5.41, 5.74) is 1.98. The fraction of sp³-hybridized carbons (Fsp3) is 0.118. The van der Waals surface area contributed by atoms with Crippen molar-refractivity contribution in [2.75, 3.05) is 5.32 Å². The molecule has 0 bridgehead atoms.